The molecule has 11 heteroatoms. The van der Waals surface area contributed by atoms with Gasteiger partial charge in [0.15, 0.2) is 17.4 Å². The van der Waals surface area contributed by atoms with Gasteiger partial charge in [-0.1, -0.05) is 0 Å². The second kappa shape index (κ2) is 8.53. The van der Waals surface area contributed by atoms with Gasteiger partial charge in [0.05, 0.1) is 39.3 Å². The molecule has 0 atom stereocenters. The normalized spacial score (nSPS) is 14.0. The highest BCUT2D eigenvalue weighted by molar-refractivity contribution is 5.91. The van der Waals surface area contributed by atoms with Crippen molar-refractivity contribution in [2.24, 2.45) is 0 Å². The van der Waals surface area contributed by atoms with E-state index in [1.165, 1.54) is 33.4 Å². The fraction of sp³-hybridized carbons (Fsp3) is 0.389. The van der Waals surface area contributed by atoms with Crippen LogP contribution in [0.2, 0.25) is 0 Å². The highest BCUT2D eigenvalue weighted by atomic mass is 19.2. The van der Waals surface area contributed by atoms with Gasteiger partial charge in [-0.25, -0.2) is 18.5 Å². The van der Waals surface area contributed by atoms with Crippen molar-refractivity contribution in [1.29, 1.82) is 0 Å². The Labute approximate surface area is 164 Å². The van der Waals surface area contributed by atoms with E-state index in [1.807, 2.05) is 0 Å². The van der Waals surface area contributed by atoms with E-state index in [-0.39, 0.29) is 17.1 Å². The first kappa shape index (κ1) is 20.7. The van der Waals surface area contributed by atoms with Crippen LogP contribution in [0.1, 0.15) is 10.5 Å². The Morgan fingerprint density at radius 2 is 1.79 bits per heavy atom. The van der Waals surface area contributed by atoms with Gasteiger partial charge in [-0.2, -0.15) is 5.10 Å². The lowest BCUT2D eigenvalue weighted by Crippen LogP contribution is -2.37. The molecule has 156 valence electrons. The molecule has 1 amide bonds. The molecule has 9 nitrogen and oxygen atoms in total. The number of rotatable bonds is 5. The van der Waals surface area contributed by atoms with Crippen LogP contribution < -0.4 is 15.1 Å². The van der Waals surface area contributed by atoms with Crippen LogP contribution >= 0.6 is 0 Å². The predicted molar refractivity (Wildman–Crippen MR) is 98.4 cm³/mol. The van der Waals surface area contributed by atoms with Crippen LogP contribution in [0.3, 0.4) is 0 Å². The van der Waals surface area contributed by atoms with Gasteiger partial charge in [-0.15, -0.1) is 0 Å². The molecule has 1 saturated heterocycles. The fourth-order valence-corrected chi connectivity index (χ4v) is 2.86. The predicted octanol–water partition coefficient (Wildman–Crippen LogP) is 0.989. The van der Waals surface area contributed by atoms with Crippen LogP contribution in [0.4, 0.5) is 14.5 Å². The number of hydrogen-bond donors (Lipinski definition) is 0. The van der Waals surface area contributed by atoms with E-state index in [4.69, 9.17) is 14.3 Å². The molecule has 0 bridgehead atoms. The minimum atomic E-state index is -1.18. The second-order valence-electron chi connectivity index (χ2n) is 6.14. The van der Waals surface area contributed by atoms with Crippen molar-refractivity contribution >= 4 is 11.6 Å². The molecule has 0 spiro atoms. The summed E-state index contributed by atoms with van der Waals surface area (Å²) in [5.41, 5.74) is -1.56. The van der Waals surface area contributed by atoms with E-state index in [2.05, 4.69) is 5.10 Å². The van der Waals surface area contributed by atoms with Crippen LogP contribution in [-0.2, 0) is 9.57 Å². The monoisotopic (exact) mass is 410 g/mol. The summed E-state index contributed by atoms with van der Waals surface area (Å²) in [7, 11) is 3.73. The van der Waals surface area contributed by atoms with E-state index in [0.717, 1.165) is 15.9 Å². The molecule has 0 N–H and O–H groups in total. The van der Waals surface area contributed by atoms with Crippen molar-refractivity contribution in [3.63, 3.8) is 0 Å². The number of halogens is 2. The first-order valence-corrected chi connectivity index (χ1v) is 8.70. The van der Waals surface area contributed by atoms with E-state index < -0.39 is 28.7 Å². The van der Waals surface area contributed by atoms with Crippen LogP contribution in [0.15, 0.2) is 23.1 Å². The number of anilines is 1. The average Bonchev–Trinajstić information content (AvgIpc) is 2.75. The lowest BCUT2D eigenvalue weighted by Gasteiger charge is -2.29. The molecule has 0 radical (unpaired) electrons. The molecule has 29 heavy (non-hydrogen) atoms. The van der Waals surface area contributed by atoms with Crippen molar-refractivity contribution in [2.75, 3.05) is 52.5 Å². The minimum absolute atomic E-state index is 0.0953. The maximum Gasteiger partial charge on any atom is 0.301 e. The topological polar surface area (TPSA) is 86.1 Å². The molecule has 0 saturated carbocycles. The van der Waals surface area contributed by atoms with Gasteiger partial charge in [-0.05, 0) is 12.1 Å². The number of morpholine rings is 1. The van der Waals surface area contributed by atoms with Crippen molar-refractivity contribution in [3.05, 3.63) is 45.9 Å². The maximum absolute atomic E-state index is 14.9. The Balaban J connectivity index is 2.09. The quantitative estimate of drug-likeness (QED) is 0.680. The number of ether oxygens (including phenoxy) is 2. The van der Waals surface area contributed by atoms with E-state index in [9.17, 15) is 18.4 Å². The van der Waals surface area contributed by atoms with Gasteiger partial charge in [-0.3, -0.25) is 14.4 Å². The van der Waals surface area contributed by atoms with Crippen LogP contribution in [0.5, 0.6) is 5.75 Å². The third kappa shape index (κ3) is 3.91. The molecule has 3 rings (SSSR count). The highest BCUT2D eigenvalue weighted by Crippen LogP contribution is 2.27. The van der Waals surface area contributed by atoms with E-state index in [1.54, 1.807) is 4.90 Å². The molecule has 1 aliphatic heterocycles. The molecule has 0 unspecified atom stereocenters. The Morgan fingerprint density at radius 1 is 1.17 bits per heavy atom. The Bertz CT molecular complexity index is 975. The summed E-state index contributed by atoms with van der Waals surface area (Å²) < 4.78 is 40.7. The first-order chi connectivity index (χ1) is 13.9. The number of benzene rings is 1. The van der Waals surface area contributed by atoms with Crippen molar-refractivity contribution in [3.8, 4) is 11.4 Å². The van der Waals surface area contributed by atoms with Gasteiger partial charge in [0, 0.05) is 20.1 Å². The van der Waals surface area contributed by atoms with Crippen molar-refractivity contribution in [1.82, 2.24) is 14.8 Å². The molecule has 1 aromatic carbocycles. The number of amides is 1. The molecule has 1 fully saturated rings. The summed E-state index contributed by atoms with van der Waals surface area (Å²) in [4.78, 5) is 31.2. The number of hydrogen-bond acceptors (Lipinski definition) is 7. The van der Waals surface area contributed by atoms with Gasteiger partial charge >= 0.3 is 5.91 Å². The highest BCUT2D eigenvalue weighted by Gasteiger charge is 2.25. The summed E-state index contributed by atoms with van der Waals surface area (Å²) in [6.07, 6.45) is 1.08. The fourth-order valence-electron chi connectivity index (χ4n) is 2.86. The number of carbonyl (C=O) groups excluding carboxylic acids is 1. The number of methoxy groups -OCH3 is 1. The molecule has 0 aliphatic carbocycles. The van der Waals surface area contributed by atoms with Gasteiger partial charge in [0.1, 0.15) is 5.69 Å². The lowest BCUT2D eigenvalue weighted by atomic mass is 10.2. The third-order valence-electron chi connectivity index (χ3n) is 4.51. The minimum Gasteiger partial charge on any atom is -0.491 e. The zero-order chi connectivity index (χ0) is 21.1. The zero-order valence-corrected chi connectivity index (χ0v) is 16.1. The Hall–Kier alpha value is -3.05. The Morgan fingerprint density at radius 3 is 2.41 bits per heavy atom. The molecule has 1 aliphatic rings. The van der Waals surface area contributed by atoms with Crippen molar-refractivity contribution in [2.45, 2.75) is 0 Å². The van der Waals surface area contributed by atoms with E-state index >= 15 is 0 Å². The third-order valence-corrected chi connectivity index (χ3v) is 4.51. The van der Waals surface area contributed by atoms with Crippen LogP contribution in [0.25, 0.3) is 5.69 Å². The largest absolute Gasteiger partial charge is 0.491 e. The lowest BCUT2D eigenvalue weighted by molar-refractivity contribution is -0.0762. The number of carbonyl (C=O) groups is 1. The summed E-state index contributed by atoms with van der Waals surface area (Å²) in [6.45, 7) is 1.70. The standard InChI is InChI=1S/C18H20F2N4O5/c1-22(28-3)18(26)16-17(25)13(27-2)10-24(21-16)12-5-4-11(14(19)15(12)20)23-6-8-29-9-7-23/h4-5,10H,6-9H2,1-3H3. The molecule has 1 aromatic heterocycles. The van der Waals surface area contributed by atoms with Crippen LogP contribution in [-0.4, -0.2) is 68.3 Å². The molecule has 2 aromatic rings. The van der Waals surface area contributed by atoms with E-state index in [0.29, 0.717) is 26.3 Å². The van der Waals surface area contributed by atoms with Gasteiger partial charge in [0.2, 0.25) is 5.69 Å². The smallest absolute Gasteiger partial charge is 0.301 e. The summed E-state index contributed by atoms with van der Waals surface area (Å²) >= 11 is 0. The second-order valence-corrected chi connectivity index (χ2v) is 6.14. The number of hydroxylamine groups is 2. The SMILES string of the molecule is COc1cn(-c2ccc(N3CCOCC3)c(F)c2F)nc(C(=O)N(C)OC)c1=O. The van der Waals surface area contributed by atoms with Gasteiger partial charge < -0.3 is 14.4 Å². The van der Waals surface area contributed by atoms with Gasteiger partial charge in [0.25, 0.3) is 5.43 Å². The van der Waals surface area contributed by atoms with Crippen LogP contribution in [0, 0.1) is 11.6 Å². The summed E-state index contributed by atoms with van der Waals surface area (Å²) in [5, 5.41) is 4.66. The molecule has 2 heterocycles. The summed E-state index contributed by atoms with van der Waals surface area (Å²) in [5.74, 6) is -3.36. The maximum atomic E-state index is 14.9. The average molecular weight is 410 g/mol. The Kier molecular flexibility index (Phi) is 6.09. The molecular formula is C18H20F2N4O5. The number of nitrogens with zero attached hydrogens (tertiary/aromatic N) is 4. The zero-order valence-electron chi connectivity index (χ0n) is 16.1. The molecular weight excluding hydrogens is 390 g/mol. The number of aromatic nitrogens is 2. The van der Waals surface area contributed by atoms with Crippen molar-refractivity contribution < 1.29 is 27.9 Å². The first-order valence-electron chi connectivity index (χ1n) is 8.70. The summed E-state index contributed by atoms with van der Waals surface area (Å²) in [6, 6.07) is 2.72.